The Morgan fingerprint density at radius 3 is 2.86 bits per heavy atom. The zero-order chi connectivity index (χ0) is 19.5. The molecule has 2 amide bonds. The Morgan fingerprint density at radius 2 is 2.18 bits per heavy atom. The molecule has 3 heterocycles. The first-order valence-corrected chi connectivity index (χ1v) is 9.06. The highest BCUT2D eigenvalue weighted by Crippen LogP contribution is 2.35. The first-order valence-electron chi connectivity index (χ1n) is 9.06. The molecule has 0 saturated heterocycles. The summed E-state index contributed by atoms with van der Waals surface area (Å²) in [5.41, 5.74) is 7.28. The van der Waals surface area contributed by atoms with Crippen molar-refractivity contribution in [3.05, 3.63) is 48.2 Å². The summed E-state index contributed by atoms with van der Waals surface area (Å²) < 4.78 is 1.84. The van der Waals surface area contributed by atoms with Crippen molar-refractivity contribution in [3.8, 4) is 11.3 Å². The van der Waals surface area contributed by atoms with Gasteiger partial charge in [0, 0.05) is 30.6 Å². The summed E-state index contributed by atoms with van der Waals surface area (Å²) in [5.74, 6) is 1.11. The van der Waals surface area contributed by atoms with Crippen LogP contribution in [0.5, 0.6) is 0 Å². The number of carbonyl (C=O) groups excluding carboxylic acids is 1. The molecule has 144 valence electrons. The second-order valence-corrected chi connectivity index (χ2v) is 6.33. The van der Waals surface area contributed by atoms with Gasteiger partial charge in [0.15, 0.2) is 11.6 Å². The fourth-order valence-electron chi connectivity index (χ4n) is 2.90. The van der Waals surface area contributed by atoms with E-state index >= 15 is 0 Å². The van der Waals surface area contributed by atoms with Crippen molar-refractivity contribution < 1.29 is 9.63 Å². The van der Waals surface area contributed by atoms with Crippen LogP contribution in [0.2, 0.25) is 0 Å². The molecule has 1 aliphatic rings. The number of carbonyl (C=O) groups is 1. The molecule has 0 aliphatic heterocycles. The molecule has 3 N–H and O–H groups in total. The molecular formula is C19H21N7O2. The van der Waals surface area contributed by atoms with E-state index in [1.165, 1.54) is 5.57 Å². The van der Waals surface area contributed by atoms with Crippen LogP contribution in [0, 0.1) is 0 Å². The van der Waals surface area contributed by atoms with Crippen molar-refractivity contribution in [2.24, 2.45) is 0 Å². The van der Waals surface area contributed by atoms with Gasteiger partial charge >= 0.3 is 6.03 Å². The molecule has 1 fully saturated rings. The third-order valence-corrected chi connectivity index (χ3v) is 4.27. The van der Waals surface area contributed by atoms with E-state index in [4.69, 9.17) is 9.82 Å². The van der Waals surface area contributed by atoms with Crippen LogP contribution in [0.25, 0.3) is 22.6 Å². The van der Waals surface area contributed by atoms with E-state index < -0.39 is 0 Å². The molecule has 0 unspecified atom stereocenters. The quantitative estimate of drug-likeness (QED) is 0.569. The molecule has 3 aromatic heterocycles. The van der Waals surface area contributed by atoms with Gasteiger partial charge in [-0.3, -0.25) is 25.0 Å². The molecule has 1 saturated carbocycles. The van der Waals surface area contributed by atoms with Crippen molar-refractivity contribution in [1.29, 1.82) is 0 Å². The van der Waals surface area contributed by atoms with Gasteiger partial charge in [0.05, 0.1) is 19.0 Å². The number of nitrogens with zero attached hydrogens (tertiary/aromatic N) is 4. The molecule has 9 heteroatoms. The zero-order valence-electron chi connectivity index (χ0n) is 15.7. The number of aromatic nitrogens is 4. The van der Waals surface area contributed by atoms with Crippen LogP contribution in [0.3, 0.4) is 0 Å². The Morgan fingerprint density at radius 1 is 1.32 bits per heavy atom. The Hall–Kier alpha value is -3.46. The van der Waals surface area contributed by atoms with Gasteiger partial charge < -0.3 is 5.32 Å². The van der Waals surface area contributed by atoms with Gasteiger partial charge in [-0.25, -0.2) is 14.8 Å². The van der Waals surface area contributed by atoms with Crippen LogP contribution in [0.1, 0.15) is 25.6 Å². The number of fused-ring (bicyclic) bond motifs is 1. The molecule has 1 aliphatic carbocycles. The number of urea groups is 1. The van der Waals surface area contributed by atoms with Gasteiger partial charge in [0.25, 0.3) is 0 Å². The van der Waals surface area contributed by atoms with Crippen LogP contribution >= 0.6 is 0 Å². The van der Waals surface area contributed by atoms with Gasteiger partial charge in [-0.1, -0.05) is 0 Å². The van der Waals surface area contributed by atoms with Gasteiger partial charge in [-0.15, -0.1) is 0 Å². The highest BCUT2D eigenvalue weighted by atomic mass is 16.6. The Balaban J connectivity index is 1.85. The average molecular weight is 379 g/mol. The SMILES string of the molecule is CCNC(=O)Nc1cn2c(C(NOC)=C3CC3)nc(-c3cccnc3)cc2n1. The lowest BCUT2D eigenvalue weighted by Gasteiger charge is -2.12. The maximum Gasteiger partial charge on any atom is 0.320 e. The molecule has 0 radical (unpaired) electrons. The summed E-state index contributed by atoms with van der Waals surface area (Å²) in [4.78, 5) is 30.6. The van der Waals surface area contributed by atoms with Gasteiger partial charge in [-0.05, 0) is 37.5 Å². The van der Waals surface area contributed by atoms with Crippen LogP contribution in [0.15, 0.2) is 42.4 Å². The lowest BCUT2D eigenvalue weighted by molar-refractivity contribution is 0.136. The number of rotatable bonds is 6. The number of nitrogens with one attached hydrogen (secondary N) is 3. The Bertz CT molecular complexity index is 1040. The van der Waals surface area contributed by atoms with Crippen molar-refractivity contribution in [2.45, 2.75) is 19.8 Å². The minimum atomic E-state index is -0.302. The normalized spacial score (nSPS) is 12.7. The van der Waals surface area contributed by atoms with E-state index in [-0.39, 0.29) is 6.03 Å². The molecule has 0 spiro atoms. The number of hydrogen-bond acceptors (Lipinski definition) is 6. The maximum atomic E-state index is 11.9. The molecule has 9 nitrogen and oxygen atoms in total. The van der Waals surface area contributed by atoms with Gasteiger partial charge in [0.1, 0.15) is 11.3 Å². The van der Waals surface area contributed by atoms with Crippen molar-refractivity contribution in [3.63, 3.8) is 0 Å². The van der Waals surface area contributed by atoms with E-state index in [2.05, 4.69) is 26.1 Å². The predicted octanol–water partition coefficient (Wildman–Crippen LogP) is 2.59. The Kier molecular flexibility index (Phi) is 4.90. The maximum absolute atomic E-state index is 11.9. The van der Waals surface area contributed by atoms with Crippen LogP contribution < -0.4 is 16.1 Å². The van der Waals surface area contributed by atoms with Crippen molar-refractivity contribution >= 4 is 23.2 Å². The number of pyridine rings is 1. The summed E-state index contributed by atoms with van der Waals surface area (Å²) in [5, 5.41) is 5.44. The fraction of sp³-hybridized carbons (Fsp3) is 0.263. The summed E-state index contributed by atoms with van der Waals surface area (Å²) in [6.45, 7) is 2.39. The second-order valence-electron chi connectivity index (χ2n) is 6.33. The van der Waals surface area contributed by atoms with Crippen LogP contribution in [-0.2, 0) is 4.84 Å². The van der Waals surface area contributed by atoms with E-state index in [0.717, 1.165) is 29.8 Å². The van der Waals surface area contributed by atoms with E-state index in [0.29, 0.717) is 23.8 Å². The molecule has 0 bridgehead atoms. The minimum Gasteiger partial charge on any atom is -0.338 e. The smallest absolute Gasteiger partial charge is 0.320 e. The second kappa shape index (κ2) is 7.65. The number of imidazole rings is 1. The summed E-state index contributed by atoms with van der Waals surface area (Å²) in [7, 11) is 1.57. The minimum absolute atomic E-state index is 0.302. The van der Waals surface area contributed by atoms with E-state index in [1.807, 2.05) is 29.5 Å². The number of anilines is 1. The number of allylic oxidation sites excluding steroid dienone is 1. The molecule has 4 rings (SSSR count). The molecule has 0 aromatic carbocycles. The highest BCUT2D eigenvalue weighted by molar-refractivity contribution is 5.88. The zero-order valence-corrected chi connectivity index (χ0v) is 15.7. The fourth-order valence-corrected chi connectivity index (χ4v) is 2.90. The topological polar surface area (TPSA) is 105 Å². The average Bonchev–Trinajstić information content (AvgIpc) is 3.46. The van der Waals surface area contributed by atoms with Crippen molar-refractivity contribution in [2.75, 3.05) is 19.0 Å². The van der Waals surface area contributed by atoms with Crippen LogP contribution in [-0.4, -0.2) is 39.0 Å². The molecule has 3 aromatic rings. The predicted molar refractivity (Wildman–Crippen MR) is 105 cm³/mol. The highest BCUT2D eigenvalue weighted by Gasteiger charge is 2.23. The third-order valence-electron chi connectivity index (χ3n) is 4.27. The first kappa shape index (κ1) is 17.9. The van der Waals surface area contributed by atoms with E-state index in [9.17, 15) is 4.79 Å². The number of hydrogen-bond donors (Lipinski definition) is 3. The van der Waals surface area contributed by atoms with Crippen LogP contribution in [0.4, 0.5) is 10.6 Å². The monoisotopic (exact) mass is 379 g/mol. The van der Waals surface area contributed by atoms with E-state index in [1.54, 1.807) is 25.7 Å². The lowest BCUT2D eigenvalue weighted by atomic mass is 10.2. The summed E-state index contributed by atoms with van der Waals surface area (Å²) in [6, 6.07) is 5.37. The molecule has 28 heavy (non-hydrogen) atoms. The van der Waals surface area contributed by atoms with Gasteiger partial charge in [0.2, 0.25) is 0 Å². The van der Waals surface area contributed by atoms with Gasteiger partial charge in [-0.2, -0.15) is 0 Å². The lowest BCUT2D eigenvalue weighted by Crippen LogP contribution is -2.28. The number of hydroxylamine groups is 1. The Labute approximate surface area is 161 Å². The van der Waals surface area contributed by atoms with Crippen molar-refractivity contribution in [1.82, 2.24) is 30.1 Å². The number of amides is 2. The molecular weight excluding hydrogens is 358 g/mol. The molecule has 0 atom stereocenters. The summed E-state index contributed by atoms with van der Waals surface area (Å²) in [6.07, 6.45) is 7.21. The third kappa shape index (κ3) is 3.65. The first-order chi connectivity index (χ1) is 13.7. The largest absolute Gasteiger partial charge is 0.338 e. The summed E-state index contributed by atoms with van der Waals surface area (Å²) >= 11 is 0. The standard InChI is InChI=1S/C19H21N7O2/c1-3-21-19(27)24-15-11-26-16(23-15)9-14(13-5-4-8-20-10-13)22-18(26)17(25-28-2)12-6-7-12/h4-5,8-11,25H,3,6-7H2,1-2H3,(H2,21,24,27).